The summed E-state index contributed by atoms with van der Waals surface area (Å²) < 4.78 is 0. The molecule has 1 aromatic rings. The zero-order valence-electron chi connectivity index (χ0n) is 9.08. The van der Waals surface area contributed by atoms with E-state index in [2.05, 4.69) is 20.8 Å². The third kappa shape index (κ3) is 4.39. The van der Waals surface area contributed by atoms with Gasteiger partial charge in [0.15, 0.2) is 0 Å². The number of aryl methyl sites for hydroxylation is 1. The Balaban J connectivity index is 2.30. The summed E-state index contributed by atoms with van der Waals surface area (Å²) in [7, 11) is 0. The van der Waals surface area contributed by atoms with Crippen LogP contribution >= 0.6 is 0 Å². The molecule has 1 rings (SSSR count). The minimum absolute atomic E-state index is 0.0285. The lowest BCUT2D eigenvalue weighted by atomic mass is 10.4. The molecule has 5 nitrogen and oxygen atoms in total. The van der Waals surface area contributed by atoms with Gasteiger partial charge in [0.05, 0.1) is 12.2 Å². The van der Waals surface area contributed by atoms with Crippen LogP contribution in [-0.2, 0) is 4.79 Å². The van der Waals surface area contributed by atoms with E-state index in [1.807, 2.05) is 19.9 Å². The molecule has 0 fully saturated rings. The molecule has 2 N–H and O–H groups in total. The van der Waals surface area contributed by atoms with Crippen molar-refractivity contribution in [2.75, 3.05) is 18.4 Å². The number of hydrogen-bond donors (Lipinski definition) is 2. The zero-order valence-corrected chi connectivity index (χ0v) is 9.08. The van der Waals surface area contributed by atoms with Crippen LogP contribution in [0.4, 0.5) is 5.82 Å². The number of nitrogens with one attached hydrogen (secondary N) is 2. The molecule has 1 heterocycles. The number of carbonyl (C=O) groups excluding carboxylic acids is 1. The van der Waals surface area contributed by atoms with Crippen LogP contribution in [0.3, 0.4) is 0 Å². The summed E-state index contributed by atoms with van der Waals surface area (Å²) in [5.41, 5.74) is 0.857. The predicted molar refractivity (Wildman–Crippen MR) is 58.6 cm³/mol. The van der Waals surface area contributed by atoms with Crippen molar-refractivity contribution in [3.63, 3.8) is 0 Å². The maximum absolute atomic E-state index is 11.2. The van der Waals surface area contributed by atoms with Crippen molar-refractivity contribution in [1.29, 1.82) is 0 Å². The van der Waals surface area contributed by atoms with Gasteiger partial charge in [-0.05, 0) is 25.5 Å². The summed E-state index contributed by atoms with van der Waals surface area (Å²) in [6.07, 6.45) is 0.941. The fourth-order valence-corrected chi connectivity index (χ4v) is 0.991. The highest BCUT2D eigenvalue weighted by Gasteiger charge is 2.00. The summed E-state index contributed by atoms with van der Waals surface area (Å²) >= 11 is 0. The summed E-state index contributed by atoms with van der Waals surface area (Å²) in [5.74, 6) is 0.589. The van der Waals surface area contributed by atoms with Crippen LogP contribution in [-0.4, -0.2) is 29.2 Å². The first-order chi connectivity index (χ1) is 7.22. The Labute approximate surface area is 89.3 Å². The van der Waals surface area contributed by atoms with Crippen LogP contribution in [0.25, 0.3) is 0 Å². The summed E-state index contributed by atoms with van der Waals surface area (Å²) in [6, 6.07) is 3.65. The number of nitrogens with zero attached hydrogens (tertiary/aromatic N) is 2. The molecule has 0 radical (unpaired) electrons. The van der Waals surface area contributed by atoms with E-state index in [0.29, 0.717) is 12.4 Å². The second-order valence-electron chi connectivity index (χ2n) is 3.26. The van der Waals surface area contributed by atoms with Gasteiger partial charge < -0.3 is 10.6 Å². The molecule has 0 spiro atoms. The monoisotopic (exact) mass is 208 g/mol. The smallest absolute Gasteiger partial charge is 0.239 e. The molecule has 1 aromatic heterocycles. The lowest BCUT2D eigenvalue weighted by Gasteiger charge is -2.05. The van der Waals surface area contributed by atoms with Gasteiger partial charge in [-0.1, -0.05) is 6.92 Å². The van der Waals surface area contributed by atoms with Crippen LogP contribution in [0.2, 0.25) is 0 Å². The van der Waals surface area contributed by atoms with E-state index in [4.69, 9.17) is 0 Å². The quantitative estimate of drug-likeness (QED) is 0.748. The van der Waals surface area contributed by atoms with Gasteiger partial charge in [0.1, 0.15) is 5.82 Å². The second-order valence-corrected chi connectivity index (χ2v) is 3.26. The highest BCUT2D eigenvalue weighted by atomic mass is 16.1. The second kappa shape index (κ2) is 5.95. The minimum Gasteiger partial charge on any atom is -0.360 e. The molecular formula is C10H16N4O. The molecule has 82 valence electrons. The van der Waals surface area contributed by atoms with E-state index in [-0.39, 0.29) is 12.5 Å². The first-order valence-electron chi connectivity index (χ1n) is 5.03. The molecule has 0 unspecified atom stereocenters. The van der Waals surface area contributed by atoms with E-state index < -0.39 is 0 Å². The molecule has 0 atom stereocenters. The number of hydrogen-bond acceptors (Lipinski definition) is 4. The Morgan fingerprint density at radius 3 is 2.80 bits per heavy atom. The topological polar surface area (TPSA) is 66.9 Å². The fourth-order valence-electron chi connectivity index (χ4n) is 0.991. The van der Waals surface area contributed by atoms with E-state index in [1.54, 1.807) is 6.07 Å². The molecule has 15 heavy (non-hydrogen) atoms. The summed E-state index contributed by atoms with van der Waals surface area (Å²) in [4.78, 5) is 11.2. The van der Waals surface area contributed by atoms with E-state index in [0.717, 1.165) is 12.1 Å². The van der Waals surface area contributed by atoms with Crippen LogP contribution in [0.15, 0.2) is 12.1 Å². The Kier molecular flexibility index (Phi) is 4.53. The van der Waals surface area contributed by atoms with Crippen LogP contribution in [0.5, 0.6) is 0 Å². The van der Waals surface area contributed by atoms with Gasteiger partial charge in [-0.2, -0.15) is 5.10 Å². The Bertz CT molecular complexity index is 310. The first kappa shape index (κ1) is 11.4. The molecule has 0 aliphatic carbocycles. The highest BCUT2D eigenvalue weighted by molar-refractivity contribution is 5.80. The van der Waals surface area contributed by atoms with Gasteiger partial charge in [0, 0.05) is 6.54 Å². The lowest BCUT2D eigenvalue weighted by molar-refractivity contribution is -0.119. The first-order valence-corrected chi connectivity index (χ1v) is 5.03. The minimum atomic E-state index is -0.0285. The van der Waals surface area contributed by atoms with Crippen molar-refractivity contribution in [2.45, 2.75) is 20.3 Å². The van der Waals surface area contributed by atoms with Crippen LogP contribution in [0, 0.1) is 6.92 Å². The van der Waals surface area contributed by atoms with Gasteiger partial charge in [-0.3, -0.25) is 4.79 Å². The number of amides is 1. The number of carbonyl (C=O) groups is 1. The lowest BCUT2D eigenvalue weighted by Crippen LogP contribution is -2.30. The standard InChI is InChI=1S/C10H16N4O/c1-3-6-11-10(15)7-12-9-5-4-8(2)13-14-9/h4-5H,3,6-7H2,1-2H3,(H,11,15)(H,12,14). The largest absolute Gasteiger partial charge is 0.360 e. The van der Waals surface area contributed by atoms with Crippen molar-refractivity contribution in [3.05, 3.63) is 17.8 Å². The molecule has 1 amide bonds. The van der Waals surface area contributed by atoms with Crippen molar-refractivity contribution < 1.29 is 4.79 Å². The molecule has 0 aliphatic heterocycles. The molecular weight excluding hydrogens is 192 g/mol. The molecule has 0 aromatic carbocycles. The maximum Gasteiger partial charge on any atom is 0.239 e. The van der Waals surface area contributed by atoms with E-state index >= 15 is 0 Å². The molecule has 0 saturated heterocycles. The molecule has 0 saturated carbocycles. The summed E-state index contributed by atoms with van der Waals surface area (Å²) in [5, 5.41) is 13.4. The third-order valence-electron chi connectivity index (χ3n) is 1.80. The van der Waals surface area contributed by atoms with Crippen molar-refractivity contribution in [2.24, 2.45) is 0 Å². The van der Waals surface area contributed by atoms with Crippen LogP contribution < -0.4 is 10.6 Å². The van der Waals surface area contributed by atoms with Crippen molar-refractivity contribution >= 4 is 11.7 Å². The Hall–Kier alpha value is -1.65. The van der Waals surface area contributed by atoms with Crippen molar-refractivity contribution in [3.8, 4) is 0 Å². The Morgan fingerprint density at radius 2 is 2.20 bits per heavy atom. The average molecular weight is 208 g/mol. The van der Waals surface area contributed by atoms with Crippen LogP contribution in [0.1, 0.15) is 19.0 Å². The highest BCUT2D eigenvalue weighted by Crippen LogP contribution is 1.99. The summed E-state index contributed by atoms with van der Waals surface area (Å²) in [6.45, 7) is 4.82. The van der Waals surface area contributed by atoms with E-state index in [1.165, 1.54) is 0 Å². The number of rotatable bonds is 5. The zero-order chi connectivity index (χ0) is 11.1. The average Bonchev–Trinajstić information content (AvgIpc) is 2.25. The molecule has 5 heteroatoms. The van der Waals surface area contributed by atoms with Gasteiger partial charge >= 0.3 is 0 Å². The van der Waals surface area contributed by atoms with Gasteiger partial charge in [0.25, 0.3) is 0 Å². The van der Waals surface area contributed by atoms with Gasteiger partial charge in [0.2, 0.25) is 5.91 Å². The number of aromatic nitrogens is 2. The van der Waals surface area contributed by atoms with E-state index in [9.17, 15) is 4.79 Å². The SMILES string of the molecule is CCCNC(=O)CNc1ccc(C)nn1. The van der Waals surface area contributed by atoms with Crippen molar-refractivity contribution in [1.82, 2.24) is 15.5 Å². The number of anilines is 1. The predicted octanol–water partition coefficient (Wildman–Crippen LogP) is 0.723. The van der Waals surface area contributed by atoms with Gasteiger partial charge in [-0.15, -0.1) is 5.10 Å². The molecule has 0 bridgehead atoms. The third-order valence-corrected chi connectivity index (χ3v) is 1.80. The normalized spacial score (nSPS) is 9.73. The maximum atomic E-state index is 11.2. The fraction of sp³-hybridized carbons (Fsp3) is 0.500. The molecule has 0 aliphatic rings. The Morgan fingerprint density at radius 1 is 1.40 bits per heavy atom. The van der Waals surface area contributed by atoms with Gasteiger partial charge in [-0.25, -0.2) is 0 Å².